The molecule has 1 aliphatic carbocycles. The third kappa shape index (κ3) is 3.06. The van der Waals surface area contributed by atoms with Crippen LogP contribution in [0, 0.1) is 6.92 Å². The summed E-state index contributed by atoms with van der Waals surface area (Å²) in [7, 11) is 1.84. The molecule has 0 aromatic heterocycles. The fraction of sp³-hybridized carbons (Fsp3) is 0.533. The van der Waals surface area contributed by atoms with Crippen LogP contribution in [0.3, 0.4) is 0 Å². The van der Waals surface area contributed by atoms with Gasteiger partial charge in [-0.1, -0.05) is 30.5 Å². The van der Waals surface area contributed by atoms with Gasteiger partial charge in [0.25, 0.3) is 5.91 Å². The number of nitrogens with zero attached hydrogens (tertiary/aromatic N) is 1. The maximum absolute atomic E-state index is 12.6. The van der Waals surface area contributed by atoms with Crippen LogP contribution in [0.2, 0.25) is 5.02 Å². The molecule has 0 radical (unpaired) electrons. The molecule has 2 rings (SSSR count). The predicted octanol–water partition coefficient (Wildman–Crippen LogP) is 4.27. The number of alkyl halides is 1. The smallest absolute Gasteiger partial charge is 0.254 e. The van der Waals surface area contributed by atoms with E-state index in [1.54, 1.807) is 11.0 Å². The molecule has 0 saturated heterocycles. The van der Waals surface area contributed by atoms with E-state index in [2.05, 4.69) is 0 Å². The van der Waals surface area contributed by atoms with Crippen LogP contribution in [0.1, 0.15) is 41.6 Å². The number of halogens is 2. The summed E-state index contributed by atoms with van der Waals surface area (Å²) in [4.78, 5) is 14.4. The quantitative estimate of drug-likeness (QED) is 0.747. The van der Waals surface area contributed by atoms with E-state index < -0.39 is 0 Å². The normalized spacial score (nSPS) is 23.2. The molecule has 0 N–H and O–H groups in total. The van der Waals surface area contributed by atoms with E-state index in [-0.39, 0.29) is 17.3 Å². The minimum Gasteiger partial charge on any atom is -0.337 e. The number of benzene rings is 1. The van der Waals surface area contributed by atoms with E-state index in [1.807, 2.05) is 26.1 Å². The number of amides is 1. The third-order valence-corrected chi connectivity index (χ3v) is 4.88. The Hall–Kier alpha value is -0.730. The van der Waals surface area contributed by atoms with Gasteiger partial charge >= 0.3 is 0 Å². The average molecular weight is 300 g/mol. The molecule has 2 unspecified atom stereocenters. The highest BCUT2D eigenvalue weighted by atomic mass is 35.5. The molecule has 0 aliphatic heterocycles. The third-order valence-electron chi connectivity index (χ3n) is 3.96. The van der Waals surface area contributed by atoms with Gasteiger partial charge in [0.05, 0.1) is 5.38 Å². The minimum absolute atomic E-state index is 0.0116. The SMILES string of the molecule is Cc1c(Cl)cccc1C(=O)N(C)C1CCCCC1Cl. The molecule has 2 atom stereocenters. The average Bonchev–Trinajstić information content (AvgIpc) is 2.41. The molecule has 0 bridgehead atoms. The molecular formula is C15H19Cl2NO. The van der Waals surface area contributed by atoms with Crippen LogP contribution >= 0.6 is 23.2 Å². The molecule has 104 valence electrons. The monoisotopic (exact) mass is 299 g/mol. The molecule has 1 saturated carbocycles. The number of rotatable bonds is 2. The second-order valence-electron chi connectivity index (χ2n) is 5.20. The summed E-state index contributed by atoms with van der Waals surface area (Å²) in [6.07, 6.45) is 4.26. The summed E-state index contributed by atoms with van der Waals surface area (Å²) < 4.78 is 0. The van der Waals surface area contributed by atoms with Crippen molar-refractivity contribution in [1.82, 2.24) is 4.90 Å². The van der Waals surface area contributed by atoms with Crippen molar-refractivity contribution in [3.63, 3.8) is 0 Å². The van der Waals surface area contributed by atoms with Crippen molar-refractivity contribution in [3.8, 4) is 0 Å². The second kappa shape index (κ2) is 6.15. The molecular weight excluding hydrogens is 281 g/mol. The lowest BCUT2D eigenvalue weighted by Gasteiger charge is -2.35. The molecule has 2 nitrogen and oxygen atoms in total. The highest BCUT2D eigenvalue weighted by Gasteiger charge is 2.30. The zero-order chi connectivity index (χ0) is 14.0. The van der Waals surface area contributed by atoms with Gasteiger partial charge in [-0.2, -0.15) is 0 Å². The van der Waals surface area contributed by atoms with Crippen molar-refractivity contribution in [3.05, 3.63) is 34.3 Å². The molecule has 1 aliphatic rings. The Kier molecular flexibility index (Phi) is 4.75. The Morgan fingerprint density at radius 3 is 2.68 bits per heavy atom. The highest BCUT2D eigenvalue weighted by molar-refractivity contribution is 6.31. The van der Waals surface area contributed by atoms with Gasteiger partial charge in [-0.15, -0.1) is 11.6 Å². The van der Waals surface area contributed by atoms with Crippen molar-refractivity contribution >= 4 is 29.1 Å². The number of carbonyl (C=O) groups excluding carboxylic acids is 1. The topological polar surface area (TPSA) is 20.3 Å². The Labute approximate surface area is 124 Å². The first kappa shape index (κ1) is 14.7. The standard InChI is InChI=1S/C15H19Cl2NO/c1-10-11(6-5-8-12(10)16)15(19)18(2)14-9-4-3-7-13(14)17/h5-6,8,13-14H,3-4,7,9H2,1-2H3. The lowest BCUT2D eigenvalue weighted by atomic mass is 9.93. The number of hydrogen-bond donors (Lipinski definition) is 0. The van der Waals surface area contributed by atoms with Crippen molar-refractivity contribution in [2.75, 3.05) is 7.05 Å². The van der Waals surface area contributed by atoms with Gasteiger partial charge in [-0.3, -0.25) is 4.79 Å². The molecule has 19 heavy (non-hydrogen) atoms. The van der Waals surface area contributed by atoms with Gasteiger partial charge < -0.3 is 4.90 Å². The van der Waals surface area contributed by atoms with Crippen LogP contribution in [0.15, 0.2) is 18.2 Å². The van der Waals surface area contributed by atoms with Crippen molar-refractivity contribution in [2.45, 2.75) is 44.0 Å². The van der Waals surface area contributed by atoms with Crippen LogP contribution in [0.4, 0.5) is 0 Å². The summed E-state index contributed by atoms with van der Waals surface area (Å²) in [6.45, 7) is 1.88. The van der Waals surface area contributed by atoms with Gasteiger partial charge in [-0.05, 0) is 37.5 Å². The Bertz CT molecular complexity index is 475. The van der Waals surface area contributed by atoms with E-state index in [0.29, 0.717) is 10.6 Å². The largest absolute Gasteiger partial charge is 0.337 e. The van der Waals surface area contributed by atoms with E-state index in [9.17, 15) is 4.79 Å². The first-order valence-corrected chi connectivity index (χ1v) is 7.50. The van der Waals surface area contributed by atoms with Crippen LogP contribution < -0.4 is 0 Å². The van der Waals surface area contributed by atoms with Gasteiger partial charge in [-0.25, -0.2) is 0 Å². The fourth-order valence-corrected chi connectivity index (χ4v) is 3.31. The molecule has 4 heteroatoms. The zero-order valence-corrected chi connectivity index (χ0v) is 12.8. The van der Waals surface area contributed by atoms with E-state index in [0.717, 1.165) is 31.2 Å². The summed E-state index contributed by atoms with van der Waals surface area (Å²) in [5, 5.41) is 0.688. The lowest BCUT2D eigenvalue weighted by Crippen LogP contribution is -2.44. The van der Waals surface area contributed by atoms with Gasteiger partial charge in [0.15, 0.2) is 0 Å². The highest BCUT2D eigenvalue weighted by Crippen LogP contribution is 2.28. The van der Waals surface area contributed by atoms with E-state index >= 15 is 0 Å². The Balaban J connectivity index is 2.21. The lowest BCUT2D eigenvalue weighted by molar-refractivity contribution is 0.0699. The summed E-state index contributed by atoms with van der Waals surface area (Å²) in [5.74, 6) is 0.0116. The first-order valence-electron chi connectivity index (χ1n) is 6.68. The van der Waals surface area contributed by atoms with Gasteiger partial charge in [0.1, 0.15) is 0 Å². The van der Waals surface area contributed by atoms with Crippen molar-refractivity contribution in [2.24, 2.45) is 0 Å². The predicted molar refractivity (Wildman–Crippen MR) is 80.2 cm³/mol. The Morgan fingerprint density at radius 2 is 2.00 bits per heavy atom. The maximum atomic E-state index is 12.6. The van der Waals surface area contributed by atoms with Crippen molar-refractivity contribution < 1.29 is 4.79 Å². The van der Waals surface area contributed by atoms with Crippen LogP contribution in [-0.4, -0.2) is 29.3 Å². The number of carbonyl (C=O) groups is 1. The van der Waals surface area contributed by atoms with Crippen molar-refractivity contribution in [1.29, 1.82) is 0 Å². The minimum atomic E-state index is 0.0116. The first-order chi connectivity index (χ1) is 9.02. The molecule has 0 heterocycles. The van der Waals surface area contributed by atoms with E-state index in [4.69, 9.17) is 23.2 Å². The molecule has 1 aromatic carbocycles. The number of hydrogen-bond acceptors (Lipinski definition) is 1. The van der Waals surface area contributed by atoms with Crippen LogP contribution in [-0.2, 0) is 0 Å². The molecule has 0 spiro atoms. The Morgan fingerprint density at radius 1 is 1.32 bits per heavy atom. The second-order valence-corrected chi connectivity index (χ2v) is 6.16. The summed E-state index contributed by atoms with van der Waals surface area (Å²) in [6, 6.07) is 5.57. The molecule has 1 amide bonds. The van der Waals surface area contributed by atoms with Gasteiger partial charge in [0.2, 0.25) is 0 Å². The zero-order valence-electron chi connectivity index (χ0n) is 11.3. The maximum Gasteiger partial charge on any atom is 0.254 e. The fourth-order valence-electron chi connectivity index (χ4n) is 2.68. The van der Waals surface area contributed by atoms with Crippen LogP contribution in [0.5, 0.6) is 0 Å². The summed E-state index contributed by atoms with van der Waals surface area (Å²) >= 11 is 12.4. The van der Waals surface area contributed by atoms with E-state index in [1.165, 1.54) is 0 Å². The molecule has 1 fully saturated rings. The van der Waals surface area contributed by atoms with Gasteiger partial charge in [0, 0.05) is 23.7 Å². The summed E-state index contributed by atoms with van der Waals surface area (Å²) in [5.41, 5.74) is 1.51. The van der Waals surface area contributed by atoms with Crippen LogP contribution in [0.25, 0.3) is 0 Å². The molecule has 1 aromatic rings.